The topological polar surface area (TPSA) is 88.6 Å². The zero-order valence-corrected chi connectivity index (χ0v) is 27.3. The van der Waals surface area contributed by atoms with Crippen LogP contribution in [0.15, 0.2) is 48.5 Å². The van der Waals surface area contributed by atoms with Crippen molar-refractivity contribution >= 4 is 18.1 Å². The third-order valence-electron chi connectivity index (χ3n) is 9.07. The van der Waals surface area contributed by atoms with Crippen LogP contribution in [0.3, 0.4) is 0 Å². The van der Waals surface area contributed by atoms with E-state index in [0.717, 1.165) is 42.6 Å². The number of carbonyl (C=O) groups is 3. The highest BCUT2D eigenvalue weighted by molar-refractivity contribution is 5.95. The molecule has 3 aliphatic rings. The van der Waals surface area contributed by atoms with Gasteiger partial charge in [-0.05, 0) is 75.3 Å². The Labute approximate surface area is 267 Å². The van der Waals surface area contributed by atoms with Gasteiger partial charge in [0.25, 0.3) is 5.91 Å². The number of carbonyl (C=O) groups excluding carboxylic acids is 3. The van der Waals surface area contributed by atoms with Gasteiger partial charge >= 0.3 is 12.2 Å². The molecular weight excluding hydrogens is 570 g/mol. The fourth-order valence-electron chi connectivity index (χ4n) is 6.63. The molecular formula is C36H49N3O6. The SMILES string of the molecule is CC[C@H]1CN(C(=O)OCc2ccccc2)CCN1C(=O)c1ccc(O[C@H]2CCN(C(=O)OC(C)(C)C)C2)c(C2CCCCC2)c1. The lowest BCUT2D eigenvalue weighted by atomic mass is 9.83. The van der Waals surface area contributed by atoms with Gasteiger partial charge in [-0.1, -0.05) is 56.5 Å². The van der Waals surface area contributed by atoms with Gasteiger partial charge in [-0.3, -0.25) is 4.79 Å². The summed E-state index contributed by atoms with van der Waals surface area (Å²) in [5.41, 5.74) is 2.15. The lowest BCUT2D eigenvalue weighted by molar-refractivity contribution is 0.0275. The van der Waals surface area contributed by atoms with E-state index < -0.39 is 5.60 Å². The predicted octanol–water partition coefficient (Wildman–Crippen LogP) is 7.00. The zero-order chi connectivity index (χ0) is 32.0. The minimum Gasteiger partial charge on any atom is -0.488 e. The summed E-state index contributed by atoms with van der Waals surface area (Å²) in [6.45, 7) is 10.3. The minimum atomic E-state index is -0.540. The molecule has 0 N–H and O–H groups in total. The van der Waals surface area contributed by atoms with Gasteiger partial charge < -0.3 is 28.9 Å². The molecule has 45 heavy (non-hydrogen) atoms. The fraction of sp³-hybridized carbons (Fsp3) is 0.583. The Hall–Kier alpha value is -3.75. The van der Waals surface area contributed by atoms with Crippen LogP contribution in [0.25, 0.3) is 0 Å². The van der Waals surface area contributed by atoms with Gasteiger partial charge in [0.15, 0.2) is 0 Å². The molecule has 1 saturated carbocycles. The first-order valence-electron chi connectivity index (χ1n) is 16.7. The van der Waals surface area contributed by atoms with Crippen molar-refractivity contribution < 1.29 is 28.6 Å². The first kappa shape index (κ1) is 32.6. The second-order valence-corrected chi connectivity index (χ2v) is 13.6. The van der Waals surface area contributed by atoms with E-state index in [1.54, 1.807) is 9.80 Å². The smallest absolute Gasteiger partial charge is 0.410 e. The normalized spacial score (nSPS) is 21.0. The first-order valence-corrected chi connectivity index (χ1v) is 16.7. The molecule has 5 rings (SSSR count). The molecule has 2 heterocycles. The van der Waals surface area contributed by atoms with Crippen molar-refractivity contribution in [1.29, 1.82) is 0 Å². The summed E-state index contributed by atoms with van der Waals surface area (Å²) < 4.78 is 17.7. The van der Waals surface area contributed by atoms with E-state index >= 15 is 0 Å². The largest absolute Gasteiger partial charge is 0.488 e. The number of ether oxygens (including phenoxy) is 3. The maximum absolute atomic E-state index is 14.0. The van der Waals surface area contributed by atoms with Gasteiger partial charge in [0, 0.05) is 44.2 Å². The molecule has 2 aromatic rings. The van der Waals surface area contributed by atoms with Crippen molar-refractivity contribution in [2.75, 3.05) is 32.7 Å². The number of nitrogens with zero attached hydrogens (tertiary/aromatic N) is 3. The summed E-state index contributed by atoms with van der Waals surface area (Å²) >= 11 is 0. The third-order valence-corrected chi connectivity index (χ3v) is 9.07. The van der Waals surface area contributed by atoms with Crippen LogP contribution in [0, 0.1) is 0 Å². The highest BCUT2D eigenvalue weighted by Crippen LogP contribution is 2.39. The Balaban J connectivity index is 1.25. The molecule has 2 aliphatic heterocycles. The molecule has 9 nitrogen and oxygen atoms in total. The predicted molar refractivity (Wildman–Crippen MR) is 172 cm³/mol. The summed E-state index contributed by atoms with van der Waals surface area (Å²) in [6, 6.07) is 15.4. The zero-order valence-electron chi connectivity index (χ0n) is 27.3. The highest BCUT2D eigenvalue weighted by Gasteiger charge is 2.35. The van der Waals surface area contributed by atoms with Crippen LogP contribution >= 0.6 is 0 Å². The summed E-state index contributed by atoms with van der Waals surface area (Å²) in [5.74, 6) is 1.13. The number of hydrogen-bond acceptors (Lipinski definition) is 6. The molecule has 1 aliphatic carbocycles. The molecule has 0 unspecified atom stereocenters. The van der Waals surface area contributed by atoms with Crippen molar-refractivity contribution in [3.63, 3.8) is 0 Å². The summed E-state index contributed by atoms with van der Waals surface area (Å²) in [4.78, 5) is 44.8. The van der Waals surface area contributed by atoms with Crippen LogP contribution in [-0.4, -0.2) is 83.3 Å². The molecule has 0 bridgehead atoms. The standard InChI is InChI=1S/C36H49N3O6/c1-5-29-23-38(34(41)43-25-26-12-8-6-9-13-26)20-21-39(29)33(40)28-16-17-32(31(22-28)27-14-10-7-11-15-27)44-30-18-19-37(24-30)35(42)45-36(2,3)4/h6,8-9,12-13,16-17,22,27,29-30H,5,7,10-11,14-15,18-21,23-25H2,1-4H3/t29-,30-/m0/s1. The number of amides is 3. The van der Waals surface area contributed by atoms with Crippen LogP contribution in [0.5, 0.6) is 5.75 Å². The monoisotopic (exact) mass is 619 g/mol. The molecule has 0 radical (unpaired) electrons. The fourth-order valence-corrected chi connectivity index (χ4v) is 6.63. The molecule has 0 spiro atoms. The Bertz CT molecular complexity index is 1320. The van der Waals surface area contributed by atoms with Crippen molar-refractivity contribution in [2.45, 2.75) is 103 Å². The molecule has 2 aromatic carbocycles. The Kier molecular flexibility index (Phi) is 10.6. The number of rotatable bonds is 7. The van der Waals surface area contributed by atoms with E-state index in [-0.39, 0.29) is 36.8 Å². The van der Waals surface area contributed by atoms with Crippen molar-refractivity contribution in [3.8, 4) is 5.75 Å². The average molecular weight is 620 g/mol. The van der Waals surface area contributed by atoms with Gasteiger partial charge in [0.05, 0.1) is 6.54 Å². The lowest BCUT2D eigenvalue weighted by Crippen LogP contribution is -2.56. The Morgan fingerprint density at radius 2 is 1.58 bits per heavy atom. The van der Waals surface area contributed by atoms with E-state index in [1.807, 2.05) is 74.2 Å². The Morgan fingerprint density at radius 3 is 2.29 bits per heavy atom. The van der Waals surface area contributed by atoms with Crippen LogP contribution in [0.1, 0.15) is 100 Å². The van der Waals surface area contributed by atoms with E-state index in [9.17, 15) is 14.4 Å². The average Bonchev–Trinajstić information content (AvgIpc) is 3.52. The quantitative estimate of drug-likeness (QED) is 0.332. The minimum absolute atomic E-state index is 0.0141. The van der Waals surface area contributed by atoms with E-state index in [2.05, 4.69) is 6.92 Å². The number of piperazine rings is 1. The van der Waals surface area contributed by atoms with Crippen molar-refractivity contribution in [2.24, 2.45) is 0 Å². The number of hydrogen-bond donors (Lipinski definition) is 0. The maximum atomic E-state index is 14.0. The molecule has 2 atom stereocenters. The van der Waals surface area contributed by atoms with Crippen molar-refractivity contribution in [1.82, 2.24) is 14.7 Å². The summed E-state index contributed by atoms with van der Waals surface area (Å²) in [6.07, 6.45) is 6.40. The number of benzene rings is 2. The van der Waals surface area contributed by atoms with Gasteiger partial charge in [0.1, 0.15) is 24.1 Å². The van der Waals surface area contributed by atoms with E-state index in [4.69, 9.17) is 14.2 Å². The molecule has 244 valence electrons. The molecule has 9 heteroatoms. The lowest BCUT2D eigenvalue weighted by Gasteiger charge is -2.40. The van der Waals surface area contributed by atoms with Gasteiger partial charge in [-0.25, -0.2) is 9.59 Å². The van der Waals surface area contributed by atoms with Gasteiger partial charge in [-0.2, -0.15) is 0 Å². The first-order chi connectivity index (χ1) is 21.6. The molecule has 0 aromatic heterocycles. The van der Waals surface area contributed by atoms with E-state index in [0.29, 0.717) is 44.2 Å². The maximum Gasteiger partial charge on any atom is 0.410 e. The molecule has 3 amide bonds. The van der Waals surface area contributed by atoms with Gasteiger partial charge in [0.2, 0.25) is 0 Å². The highest BCUT2D eigenvalue weighted by atomic mass is 16.6. The van der Waals surface area contributed by atoms with Crippen LogP contribution in [0.2, 0.25) is 0 Å². The second kappa shape index (κ2) is 14.6. The Morgan fingerprint density at radius 1 is 0.844 bits per heavy atom. The van der Waals surface area contributed by atoms with Crippen molar-refractivity contribution in [3.05, 3.63) is 65.2 Å². The molecule has 2 saturated heterocycles. The number of likely N-dealkylation sites (tertiary alicyclic amines) is 1. The molecule has 3 fully saturated rings. The van der Waals surface area contributed by atoms with E-state index in [1.165, 1.54) is 19.3 Å². The van der Waals surface area contributed by atoms with Crippen LogP contribution < -0.4 is 4.74 Å². The second-order valence-electron chi connectivity index (χ2n) is 13.6. The third kappa shape index (κ3) is 8.50. The summed E-state index contributed by atoms with van der Waals surface area (Å²) in [7, 11) is 0. The van der Waals surface area contributed by atoms with Gasteiger partial charge in [-0.15, -0.1) is 0 Å². The summed E-state index contributed by atoms with van der Waals surface area (Å²) in [5, 5.41) is 0. The van der Waals surface area contributed by atoms with Crippen LogP contribution in [0.4, 0.5) is 9.59 Å². The van der Waals surface area contributed by atoms with Crippen LogP contribution in [-0.2, 0) is 16.1 Å².